The number of imidazole rings is 5. The molecule has 21 rings (SSSR count). The first-order valence-corrected chi connectivity index (χ1v) is 45.8. The highest BCUT2D eigenvalue weighted by Crippen LogP contribution is 2.39. The summed E-state index contributed by atoms with van der Waals surface area (Å²) in [6.45, 7) is 13.6. The second kappa shape index (κ2) is 40.6. The van der Waals surface area contributed by atoms with Crippen LogP contribution >= 0.6 is 36.0 Å². The van der Waals surface area contributed by atoms with E-state index in [1.165, 1.54) is 38.5 Å². The average Bonchev–Trinajstić information content (AvgIpc) is 1.63. The van der Waals surface area contributed by atoms with Crippen molar-refractivity contribution in [2.24, 2.45) is 5.73 Å². The number of nitrogens with two attached hydrogens (primary N) is 2. The predicted molar refractivity (Wildman–Crippen MR) is 538 cm³/mol. The predicted octanol–water partition coefficient (Wildman–Crippen LogP) is 21.3. The molecule has 10 aromatic heterocycles. The summed E-state index contributed by atoms with van der Waals surface area (Å²) in [4.78, 5) is 89.5. The molecule has 1 amide bonds. The number of aliphatic hydroxyl groups excluding tert-OH is 1. The van der Waals surface area contributed by atoms with Crippen LogP contribution in [0.3, 0.4) is 0 Å². The molecule has 0 spiro atoms. The zero-order valence-corrected chi connectivity index (χ0v) is 78.3. The fourth-order valence-corrected chi connectivity index (χ4v) is 17.6. The van der Waals surface area contributed by atoms with Gasteiger partial charge in [0.1, 0.15) is 45.4 Å². The summed E-state index contributed by atoms with van der Waals surface area (Å²) < 4.78 is 10.1. The molecule has 9 aromatic carbocycles. The number of carboxylic acid groups (broad SMARTS) is 1. The van der Waals surface area contributed by atoms with Gasteiger partial charge in [0, 0.05) is 51.3 Å². The molecule has 19 aromatic rings. The number of carbonyl (C=O) groups is 2. The van der Waals surface area contributed by atoms with Gasteiger partial charge in [-0.05, 0) is 158 Å². The largest absolute Gasteiger partial charge is 0.476 e. The topological polar surface area (TPSA) is 434 Å². The normalized spacial score (nSPS) is 12.6. The number of carboxylic acids is 1. The van der Waals surface area contributed by atoms with Gasteiger partial charge in [-0.25, -0.2) is 69.6 Å². The lowest BCUT2D eigenvalue weighted by Crippen LogP contribution is -2.25. The number of amides is 1. The lowest BCUT2D eigenvalue weighted by atomic mass is 9.95. The van der Waals surface area contributed by atoms with Crippen molar-refractivity contribution < 1.29 is 19.8 Å². The first-order chi connectivity index (χ1) is 66.4. The number of benzene rings is 9. The number of nitriles is 2. The van der Waals surface area contributed by atoms with Crippen LogP contribution in [-0.2, 0) is 0 Å². The van der Waals surface area contributed by atoms with Gasteiger partial charge in [-0.15, -0.1) is 0 Å². The molecule has 33 heteroatoms. The smallest absolute Gasteiger partial charge is 0.356 e. The average molecular weight is 1870 g/mol. The number of carbonyl (C=O) groups excluding carboxylic acids is 1. The molecular formula is C104H93ClN26O4S2. The maximum Gasteiger partial charge on any atom is 0.356 e. The summed E-state index contributed by atoms with van der Waals surface area (Å²) in [6, 6.07) is 78.9. The van der Waals surface area contributed by atoms with Crippen molar-refractivity contribution in [3.63, 3.8) is 0 Å². The van der Waals surface area contributed by atoms with E-state index in [0.717, 1.165) is 127 Å². The Balaban J connectivity index is 0.000000119. The van der Waals surface area contributed by atoms with Gasteiger partial charge in [0.2, 0.25) is 17.2 Å². The minimum atomic E-state index is -1.14. The van der Waals surface area contributed by atoms with Crippen LogP contribution in [-0.4, -0.2) is 138 Å². The number of aromatic amines is 2. The highest BCUT2D eigenvalue weighted by Gasteiger charge is 2.31. The lowest BCUT2D eigenvalue weighted by Gasteiger charge is -2.28. The first kappa shape index (κ1) is 92.5. The number of nitrogen functional groups attached to an aromatic ring is 1. The maximum atomic E-state index is 12.4. The number of nitrogens with one attached hydrogen (secondary N) is 4. The van der Waals surface area contributed by atoms with Gasteiger partial charge >= 0.3 is 5.97 Å². The highest BCUT2D eigenvalue weighted by molar-refractivity contribution is 7.71. The van der Waals surface area contributed by atoms with Crippen molar-refractivity contribution in [3.8, 4) is 91.8 Å². The van der Waals surface area contributed by atoms with Crippen LogP contribution in [0.5, 0.6) is 0 Å². The van der Waals surface area contributed by atoms with Gasteiger partial charge in [0.05, 0.1) is 23.7 Å². The summed E-state index contributed by atoms with van der Waals surface area (Å²) in [5, 5.41) is 50.3. The molecule has 2 saturated carbocycles. The van der Waals surface area contributed by atoms with E-state index in [1.54, 1.807) is 13.7 Å². The number of para-hydroxylation sites is 4. The summed E-state index contributed by atoms with van der Waals surface area (Å²) in [5.74, 6) is 1.68. The number of fused-ring (bicyclic) bond motifs is 5. The number of nitrogens with zero attached hydrogens (tertiary/aromatic N) is 20. The highest BCUT2D eigenvalue weighted by atomic mass is 35.5. The molecule has 2 aliphatic carbocycles. The van der Waals surface area contributed by atoms with E-state index in [4.69, 9.17) is 67.9 Å². The quantitative estimate of drug-likeness (QED) is 0.0253. The van der Waals surface area contributed by atoms with E-state index in [9.17, 15) is 30.3 Å². The molecule has 0 aliphatic heterocycles. The van der Waals surface area contributed by atoms with Crippen LogP contribution in [0.25, 0.3) is 136 Å². The molecule has 0 unspecified atom stereocenters. The number of aromatic nitrogens is 20. The van der Waals surface area contributed by atoms with Crippen LogP contribution in [0.4, 0.5) is 11.9 Å². The SMILES string of the molecule is Cc1ccc(-c2nc(C#N)c3nc(Cl)n(-c4ccccc4C)c3n2)cc1.Cc1ccc(-c2nc(C#N)c3nc(N)n(-c4ccccc4C)c3n2)cc1.Cc1ccc(-c2nc(C(=N)CO)c3[nH]c(=S)n(-c4ccccc4)c3n2)cc1.Cc1ccc(-c2nc(C(=O)O)c3[nH]c(=S)n(-c4ccccc4)c3n2)cc1.Cc1ccc(-c2nc(C(N)=O)c3nc(NC4CCCCC4)n(C4CCCCC4)c3n2)cc1. The Hall–Kier alpha value is -16.4. The third kappa shape index (κ3) is 19.7. The van der Waals surface area contributed by atoms with Crippen molar-refractivity contribution in [1.82, 2.24) is 97.6 Å². The molecule has 682 valence electrons. The van der Waals surface area contributed by atoms with Crippen LogP contribution in [0.2, 0.25) is 5.28 Å². The Bertz CT molecular complexity index is 7820. The Morgan fingerprint density at radius 3 is 1.22 bits per heavy atom. The molecular weight excluding hydrogens is 1780 g/mol. The van der Waals surface area contributed by atoms with Crippen molar-refractivity contribution in [2.45, 2.75) is 125 Å². The third-order valence-corrected chi connectivity index (χ3v) is 24.7. The number of hydrogen-bond donors (Lipinski definition) is 8. The summed E-state index contributed by atoms with van der Waals surface area (Å²) in [7, 11) is 0. The van der Waals surface area contributed by atoms with E-state index < -0.39 is 18.5 Å². The van der Waals surface area contributed by atoms with E-state index in [1.807, 2.05) is 284 Å². The van der Waals surface area contributed by atoms with Gasteiger partial charge in [-0.2, -0.15) is 10.5 Å². The van der Waals surface area contributed by atoms with Crippen molar-refractivity contribution in [1.29, 1.82) is 15.9 Å². The van der Waals surface area contributed by atoms with Crippen LogP contribution < -0.4 is 16.8 Å². The van der Waals surface area contributed by atoms with Crippen LogP contribution in [0.15, 0.2) is 231 Å². The monoisotopic (exact) mass is 1870 g/mol. The first-order valence-electron chi connectivity index (χ1n) is 44.6. The Morgan fingerprint density at radius 1 is 0.438 bits per heavy atom. The number of rotatable bonds is 16. The lowest BCUT2D eigenvalue weighted by molar-refractivity contribution is 0.0692. The number of halogens is 1. The van der Waals surface area contributed by atoms with Gasteiger partial charge < -0.3 is 42.4 Å². The number of aryl methyl sites for hydroxylation is 7. The molecule has 2 fully saturated rings. The number of hydrogen-bond acceptors (Lipinski definition) is 23. The maximum absolute atomic E-state index is 12.4. The second-order valence-corrected chi connectivity index (χ2v) is 34.7. The van der Waals surface area contributed by atoms with Gasteiger partial charge in [-0.1, -0.05) is 260 Å². The fourth-order valence-electron chi connectivity index (χ4n) is 16.7. The van der Waals surface area contributed by atoms with Crippen molar-refractivity contribution >= 4 is 121 Å². The van der Waals surface area contributed by atoms with Gasteiger partial charge in [0.15, 0.2) is 89.7 Å². The Kier molecular flexibility index (Phi) is 27.4. The molecule has 30 nitrogen and oxygen atoms in total. The molecule has 10 N–H and O–H groups in total. The van der Waals surface area contributed by atoms with E-state index >= 15 is 0 Å². The fraction of sp³-hybridized carbons (Fsp3) is 0.192. The van der Waals surface area contributed by atoms with Gasteiger partial charge in [-0.3, -0.25) is 27.6 Å². The number of H-pyrrole nitrogens is 2. The molecule has 10 heterocycles. The molecule has 0 saturated heterocycles. The molecule has 2 aliphatic rings. The molecule has 0 bridgehead atoms. The molecule has 137 heavy (non-hydrogen) atoms. The van der Waals surface area contributed by atoms with E-state index in [2.05, 4.69) is 81.8 Å². The third-order valence-electron chi connectivity index (χ3n) is 23.9. The van der Waals surface area contributed by atoms with Crippen molar-refractivity contribution in [3.05, 3.63) is 313 Å². The zero-order chi connectivity index (χ0) is 95.8. The summed E-state index contributed by atoms with van der Waals surface area (Å²) in [5.41, 5.74) is 33.0. The molecule has 0 atom stereocenters. The zero-order valence-electron chi connectivity index (χ0n) is 75.9. The number of primary amides is 1. The number of anilines is 2. The molecule has 0 radical (unpaired) electrons. The summed E-state index contributed by atoms with van der Waals surface area (Å²) in [6.07, 6.45) is 11.9. The van der Waals surface area contributed by atoms with E-state index in [-0.39, 0.29) is 39.7 Å². The number of aromatic carboxylic acids is 1. The van der Waals surface area contributed by atoms with Crippen molar-refractivity contribution in [2.75, 3.05) is 17.7 Å². The Labute approximate surface area is 802 Å². The standard InChI is InChI=1S/C25H32N6O.C20H14ClN5.C20H16N6.C20H17N5OS.C19H14N4O2S/c1-16-12-14-17(15-13-16)23-28-20(22(26)32)21-24(30-23)31(19-10-6-3-7-11-19)25(29-21)27-18-8-4-2-5-9-18;1-12-7-9-14(10-8-12)18-23-15(11-22)17-19(25-18)26(20(21)24-17)16-6-4-3-5-13(16)2;1-12-7-9-14(10-8-12)18-23-15(11-21)17-19(25-18)26(20(22)24-17)16-6-4-3-5-13(16)2;1-12-7-9-13(10-8-12)18-22-16(15(21)11-26)17-19(24-18)25(20(27)23-17)14-5-3-2-4-6-14;1-11-7-9-12(10-8-11)16-20-15(18(24)25)14-17(22-16)23(19(26)21-14)13-5-3-2-4-6-13/h12-15,18-19H,2-11H2,1H3,(H2,26,32)(H,27,29);3-10H,1-2H3;3-10H,1-2H3,(H2,22,24);2-10,21,26H,11H2,1H3,(H,23,27);2-10H,1H3,(H,21,26)(H,24,25). The Morgan fingerprint density at radius 2 is 0.803 bits per heavy atom. The second-order valence-electron chi connectivity index (χ2n) is 33.6. The summed E-state index contributed by atoms with van der Waals surface area (Å²) >= 11 is 17.3. The minimum Gasteiger partial charge on any atom is -0.476 e. The minimum absolute atomic E-state index is 0.00669. The van der Waals surface area contributed by atoms with E-state index in [0.29, 0.717) is 107 Å². The van der Waals surface area contributed by atoms with Crippen LogP contribution in [0.1, 0.15) is 147 Å². The van der Waals surface area contributed by atoms with Gasteiger partial charge in [0.25, 0.3) is 5.91 Å². The number of aliphatic hydroxyl groups is 1. The van der Waals surface area contributed by atoms with Crippen LogP contribution in [0, 0.1) is 86.1 Å².